The maximum absolute atomic E-state index is 2.36. The van der Waals surface area contributed by atoms with E-state index in [1.807, 2.05) is 13.8 Å². The highest BCUT2D eigenvalue weighted by Crippen LogP contribution is 2.38. The van der Waals surface area contributed by atoms with E-state index < -0.39 is 0 Å². The van der Waals surface area contributed by atoms with Gasteiger partial charge in [-0.25, -0.2) is 0 Å². The second-order valence-electron chi connectivity index (χ2n) is 4.35. The van der Waals surface area contributed by atoms with E-state index >= 15 is 0 Å². The summed E-state index contributed by atoms with van der Waals surface area (Å²) in [5.41, 5.74) is 0.580. The third kappa shape index (κ3) is 3.79. The van der Waals surface area contributed by atoms with Crippen molar-refractivity contribution in [3.63, 3.8) is 0 Å². The molecule has 1 rings (SSSR count). The molecule has 11 heavy (non-hydrogen) atoms. The monoisotopic (exact) mass is 156 g/mol. The highest BCUT2D eigenvalue weighted by molar-refractivity contribution is 4.78. The molecule has 0 unspecified atom stereocenters. The molecule has 0 amide bonds. The predicted octanol–water partition coefficient (Wildman–Crippen LogP) is 4.25. The van der Waals surface area contributed by atoms with Gasteiger partial charge in [0.2, 0.25) is 0 Å². The van der Waals surface area contributed by atoms with E-state index in [0.29, 0.717) is 5.41 Å². The first-order chi connectivity index (χ1) is 5.11. The van der Waals surface area contributed by atoms with Crippen molar-refractivity contribution < 1.29 is 0 Å². The smallest absolute Gasteiger partial charge is 0.0354 e. The minimum absolute atomic E-state index is 0.580. The maximum atomic E-state index is 2.36. The van der Waals surface area contributed by atoms with Crippen LogP contribution in [0.2, 0.25) is 0 Å². The summed E-state index contributed by atoms with van der Waals surface area (Å²) in [6.07, 6.45) is 5.90. The summed E-state index contributed by atoms with van der Waals surface area (Å²) in [6.45, 7) is 11.1. The van der Waals surface area contributed by atoms with E-state index in [1.54, 1.807) is 0 Å². The Morgan fingerprint density at radius 2 is 1.27 bits per heavy atom. The predicted molar refractivity (Wildman–Crippen MR) is 52.8 cm³/mol. The SMILES string of the molecule is CC.CC(C)(C)C1CCCC1. The van der Waals surface area contributed by atoms with Crippen molar-refractivity contribution in [3.8, 4) is 0 Å². The highest BCUT2D eigenvalue weighted by atomic mass is 14.3. The summed E-state index contributed by atoms with van der Waals surface area (Å²) in [4.78, 5) is 0. The lowest BCUT2D eigenvalue weighted by molar-refractivity contribution is 0.246. The third-order valence-electron chi connectivity index (χ3n) is 2.58. The molecule has 1 aliphatic carbocycles. The standard InChI is InChI=1S/C9H18.C2H6/c1-9(2,3)8-6-4-5-7-8;1-2/h8H,4-7H2,1-3H3;1-2H3. The van der Waals surface area contributed by atoms with E-state index in [1.165, 1.54) is 25.7 Å². The van der Waals surface area contributed by atoms with Gasteiger partial charge in [-0.3, -0.25) is 0 Å². The lowest BCUT2D eigenvalue weighted by Crippen LogP contribution is -2.16. The molecule has 0 aromatic rings. The van der Waals surface area contributed by atoms with Crippen LogP contribution in [0.5, 0.6) is 0 Å². The first-order valence-corrected chi connectivity index (χ1v) is 5.11. The van der Waals surface area contributed by atoms with E-state index in [-0.39, 0.29) is 0 Å². The van der Waals surface area contributed by atoms with Crippen LogP contribution in [0.15, 0.2) is 0 Å². The second kappa shape index (κ2) is 4.79. The zero-order chi connectivity index (χ0) is 8.91. The summed E-state index contributed by atoms with van der Waals surface area (Å²) in [6, 6.07) is 0. The van der Waals surface area contributed by atoms with Crippen molar-refractivity contribution in [1.82, 2.24) is 0 Å². The average Bonchev–Trinajstić information content (AvgIpc) is 2.40. The van der Waals surface area contributed by atoms with Crippen LogP contribution in [0.4, 0.5) is 0 Å². The first kappa shape index (κ1) is 11.0. The number of hydrogen-bond donors (Lipinski definition) is 0. The van der Waals surface area contributed by atoms with E-state index in [9.17, 15) is 0 Å². The summed E-state index contributed by atoms with van der Waals surface area (Å²) in [7, 11) is 0. The molecule has 0 radical (unpaired) electrons. The van der Waals surface area contributed by atoms with Crippen molar-refractivity contribution >= 4 is 0 Å². The van der Waals surface area contributed by atoms with Gasteiger partial charge < -0.3 is 0 Å². The van der Waals surface area contributed by atoms with Crippen LogP contribution in [-0.2, 0) is 0 Å². The van der Waals surface area contributed by atoms with Crippen LogP contribution in [0.3, 0.4) is 0 Å². The Morgan fingerprint density at radius 1 is 0.909 bits per heavy atom. The van der Waals surface area contributed by atoms with Crippen molar-refractivity contribution in [2.24, 2.45) is 11.3 Å². The molecule has 0 atom stereocenters. The molecule has 0 bridgehead atoms. The molecular weight excluding hydrogens is 132 g/mol. The number of hydrogen-bond acceptors (Lipinski definition) is 0. The zero-order valence-electron chi connectivity index (χ0n) is 8.91. The van der Waals surface area contributed by atoms with Gasteiger partial charge in [0.05, 0.1) is 0 Å². The molecular formula is C11H24. The Morgan fingerprint density at radius 3 is 1.45 bits per heavy atom. The molecule has 0 spiro atoms. The van der Waals surface area contributed by atoms with Crippen LogP contribution in [-0.4, -0.2) is 0 Å². The quantitative estimate of drug-likeness (QED) is 0.492. The fourth-order valence-corrected chi connectivity index (χ4v) is 1.79. The maximum Gasteiger partial charge on any atom is -0.0354 e. The number of rotatable bonds is 0. The molecule has 0 saturated heterocycles. The van der Waals surface area contributed by atoms with Crippen LogP contribution in [0, 0.1) is 11.3 Å². The fourth-order valence-electron chi connectivity index (χ4n) is 1.79. The summed E-state index contributed by atoms with van der Waals surface area (Å²) in [5, 5.41) is 0. The van der Waals surface area contributed by atoms with E-state index in [4.69, 9.17) is 0 Å². The van der Waals surface area contributed by atoms with Gasteiger partial charge in [-0.1, -0.05) is 47.5 Å². The van der Waals surface area contributed by atoms with E-state index in [2.05, 4.69) is 20.8 Å². The molecule has 1 saturated carbocycles. The lowest BCUT2D eigenvalue weighted by atomic mass is 9.80. The summed E-state index contributed by atoms with van der Waals surface area (Å²) < 4.78 is 0. The van der Waals surface area contributed by atoms with Gasteiger partial charge in [-0.2, -0.15) is 0 Å². The summed E-state index contributed by atoms with van der Waals surface area (Å²) >= 11 is 0. The normalized spacial score (nSPS) is 19.4. The molecule has 0 heterocycles. The van der Waals surface area contributed by atoms with Crippen LogP contribution in [0.1, 0.15) is 60.3 Å². The zero-order valence-corrected chi connectivity index (χ0v) is 8.91. The van der Waals surface area contributed by atoms with Crippen LogP contribution in [0.25, 0.3) is 0 Å². The molecule has 0 heteroatoms. The highest BCUT2D eigenvalue weighted by Gasteiger charge is 2.26. The molecule has 0 aromatic carbocycles. The molecule has 0 nitrogen and oxygen atoms in total. The average molecular weight is 156 g/mol. The Bertz CT molecular complexity index is 80.7. The van der Waals surface area contributed by atoms with E-state index in [0.717, 1.165) is 5.92 Å². The molecule has 0 N–H and O–H groups in total. The Hall–Kier alpha value is 0. The Kier molecular flexibility index (Phi) is 4.79. The second-order valence-corrected chi connectivity index (χ2v) is 4.35. The third-order valence-corrected chi connectivity index (χ3v) is 2.58. The Labute approximate surface area is 72.4 Å². The topological polar surface area (TPSA) is 0 Å². The van der Waals surface area contributed by atoms with Gasteiger partial charge in [0.1, 0.15) is 0 Å². The van der Waals surface area contributed by atoms with Gasteiger partial charge in [0.25, 0.3) is 0 Å². The Balaban J connectivity index is 0.000000461. The van der Waals surface area contributed by atoms with Crippen molar-refractivity contribution in [1.29, 1.82) is 0 Å². The van der Waals surface area contributed by atoms with Crippen LogP contribution >= 0.6 is 0 Å². The van der Waals surface area contributed by atoms with Gasteiger partial charge in [-0.05, 0) is 24.2 Å². The van der Waals surface area contributed by atoms with Gasteiger partial charge in [0, 0.05) is 0 Å². The molecule has 1 aliphatic rings. The lowest BCUT2D eigenvalue weighted by Gasteiger charge is -2.26. The minimum Gasteiger partial charge on any atom is -0.0683 e. The molecule has 0 aromatic heterocycles. The largest absolute Gasteiger partial charge is 0.0683 e. The fraction of sp³-hybridized carbons (Fsp3) is 1.00. The van der Waals surface area contributed by atoms with Crippen molar-refractivity contribution in [3.05, 3.63) is 0 Å². The van der Waals surface area contributed by atoms with Gasteiger partial charge in [0.15, 0.2) is 0 Å². The summed E-state index contributed by atoms with van der Waals surface area (Å²) in [5.74, 6) is 1.01. The minimum atomic E-state index is 0.580. The molecule has 68 valence electrons. The van der Waals surface area contributed by atoms with Gasteiger partial charge >= 0.3 is 0 Å². The van der Waals surface area contributed by atoms with Crippen molar-refractivity contribution in [2.75, 3.05) is 0 Å². The molecule has 0 aliphatic heterocycles. The van der Waals surface area contributed by atoms with Crippen LogP contribution < -0.4 is 0 Å². The first-order valence-electron chi connectivity index (χ1n) is 5.11. The van der Waals surface area contributed by atoms with Gasteiger partial charge in [-0.15, -0.1) is 0 Å². The van der Waals surface area contributed by atoms with Crippen molar-refractivity contribution in [2.45, 2.75) is 60.3 Å². The molecule has 1 fully saturated rings.